The molecule has 0 aliphatic rings. The third-order valence-electron chi connectivity index (χ3n) is 16.6. The number of hydrogen-bond acceptors (Lipinski definition) is 14. The number of nitrogen functional groups attached to an aromatic ring is 2. The topological polar surface area (TPSA) is 334 Å². The van der Waals surface area contributed by atoms with Crippen LogP contribution in [0.3, 0.4) is 0 Å². The molecular weight excluding hydrogens is 1540 g/mol. The Kier molecular flexibility index (Phi) is 40.0. The maximum atomic E-state index is 12.4. The number of amides is 3. The SMILES string of the molecule is CC(=O)c1ccc(-c2ccc(N)cc2)cc1.CC(=O)c1ccc(I)cc1.CCC(=O)Nc1ccc(-c2ccc(C(=O)CCc3cccnc3)cc2)cc1.CCC(=O)Nc1ccc(-c2ccc(C(=O)O)cc2)cc1.CCC(=O)Nc1ccc(-c2ccc(C(C)=O)cc2)cc1.CCC(=O)O.Cc1ccc(N)cc1.NCc1cccnc1. The first-order valence-electron chi connectivity index (χ1n) is 36.7. The molecule has 10 aromatic carbocycles. The predicted octanol–water partition coefficient (Wildman–Crippen LogP) is 20.4. The Labute approximate surface area is 680 Å². The highest BCUT2D eigenvalue weighted by Crippen LogP contribution is 2.27. The molecule has 0 spiro atoms. The summed E-state index contributed by atoms with van der Waals surface area (Å²) in [7, 11) is 0. The molecule has 0 saturated heterocycles. The molecule has 586 valence electrons. The van der Waals surface area contributed by atoms with Crippen LogP contribution >= 0.6 is 22.6 Å². The molecule has 0 aliphatic carbocycles. The van der Waals surface area contributed by atoms with E-state index in [4.69, 9.17) is 27.4 Å². The molecule has 2 aromatic heterocycles. The van der Waals surface area contributed by atoms with Crippen LogP contribution in [-0.4, -0.2) is 73.0 Å². The first-order chi connectivity index (χ1) is 54.7. The van der Waals surface area contributed by atoms with Gasteiger partial charge in [0.05, 0.1) is 5.56 Å². The van der Waals surface area contributed by atoms with Crippen LogP contribution in [0.15, 0.2) is 292 Å². The van der Waals surface area contributed by atoms with Crippen molar-refractivity contribution in [2.45, 2.75) is 100 Å². The van der Waals surface area contributed by atoms with Crippen molar-refractivity contribution in [3.63, 3.8) is 0 Å². The van der Waals surface area contributed by atoms with Crippen LogP contribution in [0.2, 0.25) is 0 Å². The normalized spacial score (nSPS) is 9.84. The number of carbonyl (C=O) groups is 9. The summed E-state index contributed by atoms with van der Waals surface area (Å²) in [6.45, 7) is 14.4. The molecule has 11 N–H and O–H groups in total. The molecule has 0 unspecified atom stereocenters. The van der Waals surface area contributed by atoms with Gasteiger partial charge in [-0.25, -0.2) is 4.79 Å². The van der Waals surface area contributed by atoms with Gasteiger partial charge >= 0.3 is 11.9 Å². The number of carboxylic acids is 2. The van der Waals surface area contributed by atoms with Gasteiger partial charge in [0, 0.05) is 118 Å². The van der Waals surface area contributed by atoms with Crippen molar-refractivity contribution < 1.29 is 53.4 Å². The Morgan fingerprint density at radius 1 is 0.360 bits per heavy atom. The summed E-state index contributed by atoms with van der Waals surface area (Å²) >= 11 is 2.21. The lowest BCUT2D eigenvalue weighted by molar-refractivity contribution is -0.136. The van der Waals surface area contributed by atoms with E-state index in [1.54, 1.807) is 83.7 Å². The van der Waals surface area contributed by atoms with E-state index in [2.05, 4.69) is 48.5 Å². The van der Waals surface area contributed by atoms with E-state index in [1.165, 1.54) is 5.56 Å². The molecule has 0 radical (unpaired) electrons. The molecular formula is C94H97IN8O11. The minimum Gasteiger partial charge on any atom is -0.481 e. The zero-order chi connectivity index (χ0) is 83.3. The Balaban J connectivity index is 0.000000243. The minimum atomic E-state index is -0.936. The fourth-order valence-electron chi connectivity index (χ4n) is 9.83. The number of aliphatic carboxylic acids is 1. The third kappa shape index (κ3) is 34.4. The highest BCUT2D eigenvalue weighted by atomic mass is 127. The van der Waals surface area contributed by atoms with E-state index in [-0.39, 0.29) is 52.8 Å². The number of nitrogens with one attached hydrogen (secondary N) is 3. The Morgan fingerprint density at radius 3 is 0.886 bits per heavy atom. The number of Topliss-reactive ketones (excluding diaryl/α,β-unsaturated/α-hetero) is 4. The van der Waals surface area contributed by atoms with Gasteiger partial charge in [0.1, 0.15) is 0 Å². The van der Waals surface area contributed by atoms with E-state index in [9.17, 15) is 43.2 Å². The highest BCUT2D eigenvalue weighted by Gasteiger charge is 2.11. The molecule has 0 fully saturated rings. The van der Waals surface area contributed by atoms with Gasteiger partial charge < -0.3 is 43.4 Å². The number of nitrogens with zero attached hydrogens (tertiary/aromatic N) is 2. The molecule has 3 amide bonds. The van der Waals surface area contributed by atoms with Crippen LogP contribution in [0.1, 0.15) is 149 Å². The molecule has 2 heterocycles. The summed E-state index contributed by atoms with van der Waals surface area (Å²) in [5.41, 5.74) is 35.1. The van der Waals surface area contributed by atoms with Gasteiger partial charge in [0.15, 0.2) is 23.1 Å². The van der Waals surface area contributed by atoms with Gasteiger partial charge in [-0.1, -0.05) is 203 Å². The summed E-state index contributed by atoms with van der Waals surface area (Å²) < 4.78 is 1.16. The average Bonchev–Trinajstić information content (AvgIpc) is 0.839. The first-order valence-corrected chi connectivity index (χ1v) is 37.8. The molecule has 0 bridgehead atoms. The lowest BCUT2D eigenvalue weighted by Crippen LogP contribution is -2.08. The van der Waals surface area contributed by atoms with Crippen molar-refractivity contribution in [1.29, 1.82) is 0 Å². The van der Waals surface area contributed by atoms with Gasteiger partial charge in [-0.3, -0.25) is 48.3 Å². The van der Waals surface area contributed by atoms with Crippen molar-refractivity contribution >= 4 is 104 Å². The first kappa shape index (κ1) is 91.4. The molecule has 12 aromatic rings. The molecule has 0 saturated carbocycles. The molecule has 19 nitrogen and oxygen atoms in total. The molecule has 0 atom stereocenters. The number of benzene rings is 10. The highest BCUT2D eigenvalue weighted by molar-refractivity contribution is 14.1. The summed E-state index contributed by atoms with van der Waals surface area (Å²) in [6, 6.07) is 82.9. The van der Waals surface area contributed by atoms with Crippen LogP contribution in [0.25, 0.3) is 44.5 Å². The molecule has 20 heteroatoms. The zero-order valence-electron chi connectivity index (χ0n) is 65.2. The second-order valence-electron chi connectivity index (χ2n) is 25.4. The fourth-order valence-corrected chi connectivity index (χ4v) is 10.2. The van der Waals surface area contributed by atoms with Crippen LogP contribution in [0.4, 0.5) is 28.4 Å². The zero-order valence-corrected chi connectivity index (χ0v) is 67.4. The maximum absolute atomic E-state index is 12.4. The van der Waals surface area contributed by atoms with E-state index >= 15 is 0 Å². The molecule has 114 heavy (non-hydrogen) atoms. The quantitative estimate of drug-likeness (QED) is 0.0200. The van der Waals surface area contributed by atoms with Crippen LogP contribution in [-0.2, 0) is 32.1 Å². The van der Waals surface area contributed by atoms with Crippen molar-refractivity contribution in [3.05, 3.63) is 340 Å². The second kappa shape index (κ2) is 49.9. The van der Waals surface area contributed by atoms with Gasteiger partial charge in [0.25, 0.3) is 0 Å². The van der Waals surface area contributed by atoms with E-state index in [1.807, 2.05) is 263 Å². The molecule has 12 rings (SSSR count). The van der Waals surface area contributed by atoms with E-state index in [0.29, 0.717) is 44.2 Å². The number of carboxylic acid groups (broad SMARTS) is 2. The number of hydrogen-bond donors (Lipinski definition) is 8. The van der Waals surface area contributed by atoms with Gasteiger partial charge in [-0.05, 0) is 209 Å². The largest absolute Gasteiger partial charge is 0.481 e. The number of rotatable bonds is 20. The number of carbonyl (C=O) groups excluding carboxylic acids is 7. The second-order valence-corrected chi connectivity index (χ2v) is 26.6. The van der Waals surface area contributed by atoms with E-state index < -0.39 is 11.9 Å². The van der Waals surface area contributed by atoms with Gasteiger partial charge in [0.2, 0.25) is 17.7 Å². The lowest BCUT2D eigenvalue weighted by atomic mass is 9.99. The van der Waals surface area contributed by atoms with Crippen LogP contribution in [0, 0.1) is 10.5 Å². The Bertz CT molecular complexity index is 4840. The summed E-state index contributed by atoms with van der Waals surface area (Å²) in [6.07, 6.45) is 9.78. The summed E-state index contributed by atoms with van der Waals surface area (Å²) in [4.78, 5) is 108. The van der Waals surface area contributed by atoms with Crippen molar-refractivity contribution in [1.82, 2.24) is 9.97 Å². The Morgan fingerprint density at radius 2 is 0.632 bits per heavy atom. The van der Waals surface area contributed by atoms with Crippen molar-refractivity contribution in [2.24, 2.45) is 5.73 Å². The Hall–Kier alpha value is -13.2. The lowest BCUT2D eigenvalue weighted by Gasteiger charge is -2.07. The van der Waals surface area contributed by atoms with Crippen molar-refractivity contribution in [3.8, 4) is 44.5 Å². The van der Waals surface area contributed by atoms with Crippen LogP contribution in [0.5, 0.6) is 0 Å². The predicted molar refractivity (Wildman–Crippen MR) is 467 cm³/mol. The minimum absolute atomic E-state index is 0.00287. The summed E-state index contributed by atoms with van der Waals surface area (Å²) in [5.74, 6) is -1.30. The van der Waals surface area contributed by atoms with Crippen LogP contribution < -0.4 is 33.2 Å². The number of aryl methyl sites for hydroxylation is 2. The van der Waals surface area contributed by atoms with Gasteiger partial charge in [-0.2, -0.15) is 0 Å². The number of nitrogens with two attached hydrogens (primary N) is 3. The monoisotopic (exact) mass is 1640 g/mol. The third-order valence-corrected chi connectivity index (χ3v) is 17.3. The standard InChI is InChI=1S/C23H22N2O2.C17H17NO2.C16H15NO3.C14H13NO.C8H7IO.C7H9N.C6H8N2.C3H6O2/c1-2-23(27)25-21-12-10-19(11-13-21)18-6-8-20(9-7-18)22(26)14-5-17-4-3-15-24-16-17;1-3-17(20)18-16-10-8-15(9-11-16)14-6-4-13(5-7-14)12(2)19;1-2-15(18)17-14-9-7-12(8-10-14)11-3-5-13(6-4-11)16(19)20;1-10(16)11-2-4-12(5-3-11)13-6-8-14(15)9-7-13;1-6(10)7-2-4-8(9)5-3-7;1-6-2-4-7(8)5-3-6;7-4-6-2-1-3-8-5-6;1-2-3(4)5/h3-4,6-13,15-16H,2,5,14H2,1H3,(H,25,27);4-11H,3H2,1-2H3,(H,18,20);3-10H,2H2,1H3,(H,17,18)(H,19,20);2-9H,15H2,1H3;2-5H,1H3;2-5H,8H2,1H3;1-3,5H,4,7H2;2H2,1H3,(H,4,5). The average molecular weight is 1640 g/mol. The fraction of sp³-hybridized carbons (Fsp3) is 0.160. The van der Waals surface area contributed by atoms with Gasteiger partial charge in [-0.15, -0.1) is 0 Å². The number of halogens is 1. The number of aromatic nitrogens is 2. The number of anilines is 5. The number of aromatic carboxylic acids is 1. The number of pyridine rings is 2. The number of ketones is 4. The van der Waals surface area contributed by atoms with E-state index in [0.717, 1.165) is 104 Å². The summed E-state index contributed by atoms with van der Waals surface area (Å²) in [5, 5.41) is 25.0. The maximum Gasteiger partial charge on any atom is 0.335 e. The van der Waals surface area contributed by atoms with Crippen molar-refractivity contribution in [2.75, 3.05) is 27.4 Å². The molecule has 0 aliphatic heterocycles. The smallest absolute Gasteiger partial charge is 0.335 e.